The van der Waals surface area contributed by atoms with Gasteiger partial charge in [0.2, 0.25) is 0 Å². The Morgan fingerprint density at radius 1 is 0.913 bits per heavy atom. The number of rotatable bonds is 2. The van der Waals surface area contributed by atoms with E-state index in [0.717, 1.165) is 37.3 Å². The summed E-state index contributed by atoms with van der Waals surface area (Å²) < 4.78 is 0. The van der Waals surface area contributed by atoms with E-state index in [-0.39, 0.29) is 6.03 Å². The summed E-state index contributed by atoms with van der Waals surface area (Å²) in [5, 5.41) is 3.38. The molecule has 1 fully saturated rings. The number of benzene rings is 2. The van der Waals surface area contributed by atoms with Crippen LogP contribution in [-0.4, -0.2) is 30.1 Å². The molecule has 1 saturated heterocycles. The fourth-order valence-electron chi connectivity index (χ4n) is 3.58. The minimum absolute atomic E-state index is 0.0989. The summed E-state index contributed by atoms with van der Waals surface area (Å²) in [6.45, 7) is 2.69. The summed E-state index contributed by atoms with van der Waals surface area (Å²) in [4.78, 5) is 17.1. The maximum absolute atomic E-state index is 13.2. The number of fused-ring (bicyclic) bond motifs is 1. The molecule has 0 spiro atoms. The van der Waals surface area contributed by atoms with Gasteiger partial charge in [0.05, 0.1) is 11.4 Å². The highest BCUT2D eigenvalue weighted by atomic mass is 16.2. The molecular formula is C19H21N3O. The lowest BCUT2D eigenvalue weighted by Gasteiger charge is -2.42. The lowest BCUT2D eigenvalue weighted by Crippen LogP contribution is -2.52. The van der Waals surface area contributed by atoms with E-state index in [2.05, 4.69) is 22.3 Å². The highest BCUT2D eigenvalue weighted by Gasteiger charge is 2.35. The topological polar surface area (TPSA) is 35.6 Å². The van der Waals surface area contributed by atoms with Gasteiger partial charge in [0.25, 0.3) is 0 Å². The van der Waals surface area contributed by atoms with Gasteiger partial charge >= 0.3 is 6.03 Å². The lowest BCUT2D eigenvalue weighted by molar-refractivity contribution is 0.159. The second-order valence-corrected chi connectivity index (χ2v) is 6.19. The quantitative estimate of drug-likeness (QED) is 0.921. The molecule has 4 rings (SSSR count). The molecule has 2 aromatic carbocycles. The van der Waals surface area contributed by atoms with Crippen LogP contribution < -0.4 is 10.2 Å². The van der Waals surface area contributed by atoms with Crippen LogP contribution in [0, 0.1) is 0 Å². The number of nitrogens with one attached hydrogen (secondary N) is 1. The minimum Gasteiger partial charge on any atom is -0.317 e. The van der Waals surface area contributed by atoms with Crippen LogP contribution in [0.15, 0.2) is 54.6 Å². The number of hydrogen-bond acceptors (Lipinski definition) is 2. The van der Waals surface area contributed by atoms with Gasteiger partial charge in [-0.15, -0.1) is 0 Å². The molecule has 0 atom stereocenters. The van der Waals surface area contributed by atoms with Crippen molar-refractivity contribution in [3.8, 4) is 0 Å². The van der Waals surface area contributed by atoms with Crippen molar-refractivity contribution < 1.29 is 4.79 Å². The van der Waals surface area contributed by atoms with Gasteiger partial charge in [0.15, 0.2) is 0 Å². The molecule has 0 bridgehead atoms. The van der Waals surface area contributed by atoms with Crippen molar-refractivity contribution in [3.63, 3.8) is 0 Å². The van der Waals surface area contributed by atoms with E-state index >= 15 is 0 Å². The van der Waals surface area contributed by atoms with E-state index in [1.807, 2.05) is 47.4 Å². The second-order valence-electron chi connectivity index (χ2n) is 6.19. The highest BCUT2D eigenvalue weighted by Crippen LogP contribution is 2.36. The number of amides is 2. The van der Waals surface area contributed by atoms with E-state index in [0.29, 0.717) is 12.6 Å². The first-order valence-corrected chi connectivity index (χ1v) is 8.29. The Balaban J connectivity index is 1.75. The number of carbonyl (C=O) groups is 1. The van der Waals surface area contributed by atoms with E-state index in [1.165, 1.54) is 5.56 Å². The average molecular weight is 307 g/mol. The lowest BCUT2D eigenvalue weighted by atomic mass is 10.0. The maximum atomic E-state index is 13.2. The molecule has 2 aliphatic heterocycles. The Hall–Kier alpha value is -2.33. The van der Waals surface area contributed by atoms with Crippen molar-refractivity contribution in [2.24, 2.45) is 0 Å². The molecule has 1 N–H and O–H groups in total. The summed E-state index contributed by atoms with van der Waals surface area (Å²) in [6, 6.07) is 18.6. The predicted molar refractivity (Wildman–Crippen MR) is 91.9 cm³/mol. The Bertz CT molecular complexity index is 695. The standard InChI is InChI=1S/C19H21N3O/c23-19-21(16-10-12-20-13-11-16)14-15-6-4-5-9-18(15)22(19)17-7-2-1-3-8-17/h1-9,16,20H,10-14H2. The van der Waals surface area contributed by atoms with Crippen LogP contribution in [0.5, 0.6) is 0 Å². The van der Waals surface area contributed by atoms with Crippen LogP contribution in [0.2, 0.25) is 0 Å². The first-order chi connectivity index (χ1) is 11.3. The normalized spacial score (nSPS) is 18.9. The van der Waals surface area contributed by atoms with Crippen LogP contribution >= 0.6 is 0 Å². The van der Waals surface area contributed by atoms with Crippen molar-refractivity contribution in [1.82, 2.24) is 10.2 Å². The third-order valence-corrected chi connectivity index (χ3v) is 4.77. The Labute approximate surface area is 136 Å². The molecule has 0 radical (unpaired) electrons. The average Bonchev–Trinajstić information content (AvgIpc) is 2.63. The molecule has 0 aromatic heterocycles. The van der Waals surface area contributed by atoms with Crippen molar-refractivity contribution in [3.05, 3.63) is 60.2 Å². The van der Waals surface area contributed by atoms with Crippen molar-refractivity contribution >= 4 is 17.4 Å². The number of piperidine rings is 1. The molecule has 0 aliphatic carbocycles. The van der Waals surface area contributed by atoms with Crippen LogP contribution in [0.3, 0.4) is 0 Å². The van der Waals surface area contributed by atoms with E-state index in [1.54, 1.807) is 0 Å². The van der Waals surface area contributed by atoms with Gasteiger partial charge in [-0.2, -0.15) is 0 Å². The highest BCUT2D eigenvalue weighted by molar-refractivity contribution is 6.01. The van der Waals surface area contributed by atoms with Gasteiger partial charge in [-0.1, -0.05) is 36.4 Å². The summed E-state index contributed by atoms with van der Waals surface area (Å²) in [6.07, 6.45) is 2.05. The zero-order valence-corrected chi connectivity index (χ0v) is 13.1. The molecule has 2 amide bonds. The molecule has 2 aromatic rings. The number of para-hydroxylation sites is 2. The van der Waals surface area contributed by atoms with Gasteiger partial charge in [0, 0.05) is 12.6 Å². The van der Waals surface area contributed by atoms with Gasteiger partial charge in [0.1, 0.15) is 0 Å². The number of nitrogens with zero attached hydrogens (tertiary/aromatic N) is 2. The smallest absolute Gasteiger partial charge is 0.317 e. The van der Waals surface area contributed by atoms with Crippen molar-refractivity contribution in [2.75, 3.05) is 18.0 Å². The molecule has 2 heterocycles. The third kappa shape index (κ3) is 2.59. The van der Waals surface area contributed by atoms with Gasteiger partial charge < -0.3 is 10.2 Å². The molecule has 0 unspecified atom stereocenters. The zero-order chi connectivity index (χ0) is 15.6. The molecule has 4 heteroatoms. The van der Waals surface area contributed by atoms with E-state index in [9.17, 15) is 4.79 Å². The molecule has 4 nitrogen and oxygen atoms in total. The van der Waals surface area contributed by atoms with Crippen molar-refractivity contribution in [2.45, 2.75) is 25.4 Å². The first kappa shape index (κ1) is 14.3. The summed E-state index contributed by atoms with van der Waals surface area (Å²) in [5.41, 5.74) is 3.16. The monoisotopic (exact) mass is 307 g/mol. The Morgan fingerprint density at radius 3 is 2.39 bits per heavy atom. The third-order valence-electron chi connectivity index (χ3n) is 4.77. The largest absolute Gasteiger partial charge is 0.329 e. The number of urea groups is 1. The molecular weight excluding hydrogens is 286 g/mol. The number of carbonyl (C=O) groups excluding carboxylic acids is 1. The summed E-state index contributed by atoms with van der Waals surface area (Å²) in [7, 11) is 0. The number of anilines is 2. The van der Waals surface area contributed by atoms with Gasteiger partial charge in [-0.25, -0.2) is 4.79 Å². The number of hydrogen-bond donors (Lipinski definition) is 1. The van der Waals surface area contributed by atoms with Crippen LogP contribution in [-0.2, 0) is 6.54 Å². The van der Waals surface area contributed by atoms with Crippen LogP contribution in [0.25, 0.3) is 0 Å². The fraction of sp³-hybridized carbons (Fsp3) is 0.316. The molecule has 2 aliphatic rings. The van der Waals surface area contributed by atoms with Gasteiger partial charge in [-0.05, 0) is 49.7 Å². The maximum Gasteiger partial charge on any atom is 0.329 e. The molecule has 0 saturated carbocycles. The van der Waals surface area contributed by atoms with Crippen LogP contribution in [0.4, 0.5) is 16.2 Å². The Morgan fingerprint density at radius 2 is 1.61 bits per heavy atom. The summed E-state index contributed by atoms with van der Waals surface area (Å²) in [5.74, 6) is 0. The zero-order valence-electron chi connectivity index (χ0n) is 13.1. The minimum atomic E-state index is 0.0989. The van der Waals surface area contributed by atoms with Crippen LogP contribution in [0.1, 0.15) is 18.4 Å². The predicted octanol–water partition coefficient (Wildman–Crippen LogP) is 3.51. The molecule has 118 valence electrons. The van der Waals surface area contributed by atoms with E-state index < -0.39 is 0 Å². The fourth-order valence-corrected chi connectivity index (χ4v) is 3.58. The Kier molecular flexibility index (Phi) is 3.75. The second kappa shape index (κ2) is 6.05. The van der Waals surface area contributed by atoms with Gasteiger partial charge in [-0.3, -0.25) is 4.90 Å². The molecule has 23 heavy (non-hydrogen) atoms. The SMILES string of the molecule is O=C1N(c2ccccc2)c2ccccc2CN1C1CCNCC1. The summed E-state index contributed by atoms with van der Waals surface area (Å²) >= 11 is 0. The first-order valence-electron chi connectivity index (χ1n) is 8.29. The van der Waals surface area contributed by atoms with E-state index in [4.69, 9.17) is 0 Å². The van der Waals surface area contributed by atoms with Crippen molar-refractivity contribution in [1.29, 1.82) is 0 Å².